The summed E-state index contributed by atoms with van der Waals surface area (Å²) in [6.07, 6.45) is 5.09. The minimum atomic E-state index is -0.594. The number of para-hydroxylation sites is 1. The van der Waals surface area contributed by atoms with Crippen molar-refractivity contribution in [3.63, 3.8) is 0 Å². The van der Waals surface area contributed by atoms with E-state index in [4.69, 9.17) is 0 Å². The molecular formula is C18H26N2O. The predicted molar refractivity (Wildman–Crippen MR) is 86.2 cm³/mol. The van der Waals surface area contributed by atoms with E-state index in [0.717, 1.165) is 30.5 Å². The van der Waals surface area contributed by atoms with Crippen LogP contribution in [0.2, 0.25) is 0 Å². The van der Waals surface area contributed by atoms with Gasteiger partial charge in [-0.2, -0.15) is 5.10 Å². The van der Waals surface area contributed by atoms with Crippen LogP contribution in [0.25, 0.3) is 10.9 Å². The third kappa shape index (κ3) is 2.59. The molecule has 3 nitrogen and oxygen atoms in total. The van der Waals surface area contributed by atoms with Crippen LogP contribution in [-0.4, -0.2) is 20.5 Å². The molecule has 1 aliphatic carbocycles. The lowest BCUT2D eigenvalue weighted by Gasteiger charge is -2.42. The van der Waals surface area contributed by atoms with Crippen LogP contribution < -0.4 is 0 Å². The largest absolute Gasteiger partial charge is 0.389 e. The highest BCUT2D eigenvalue weighted by Gasteiger charge is 2.41. The van der Waals surface area contributed by atoms with Gasteiger partial charge in [-0.15, -0.1) is 0 Å². The highest BCUT2D eigenvalue weighted by molar-refractivity contribution is 5.81. The molecule has 2 aromatic rings. The first kappa shape index (κ1) is 14.6. The number of benzene rings is 1. The fraction of sp³-hybridized carbons (Fsp3) is 0.611. The molecule has 1 fully saturated rings. The SMILES string of the molecule is CC(C)C1CCCCC1(O)Cc1nn(C)c2ccccc12. The van der Waals surface area contributed by atoms with Crippen LogP contribution in [0.4, 0.5) is 0 Å². The molecule has 114 valence electrons. The van der Waals surface area contributed by atoms with Gasteiger partial charge in [-0.05, 0) is 30.7 Å². The van der Waals surface area contributed by atoms with Gasteiger partial charge in [-0.1, -0.05) is 44.9 Å². The molecule has 3 heteroatoms. The Bertz CT molecular complexity index is 631. The number of fused-ring (bicyclic) bond motifs is 1. The van der Waals surface area contributed by atoms with Gasteiger partial charge in [0, 0.05) is 18.9 Å². The van der Waals surface area contributed by atoms with E-state index in [1.54, 1.807) is 0 Å². The van der Waals surface area contributed by atoms with Gasteiger partial charge in [0.05, 0.1) is 16.8 Å². The molecule has 0 bridgehead atoms. The first-order chi connectivity index (χ1) is 10.0. The zero-order valence-electron chi connectivity index (χ0n) is 13.3. The first-order valence-electron chi connectivity index (χ1n) is 8.14. The number of nitrogens with zero attached hydrogens (tertiary/aromatic N) is 2. The van der Waals surface area contributed by atoms with E-state index in [1.807, 2.05) is 17.8 Å². The maximum Gasteiger partial charge on any atom is 0.0734 e. The first-order valence-corrected chi connectivity index (χ1v) is 8.14. The molecule has 2 atom stereocenters. The van der Waals surface area contributed by atoms with Crippen molar-refractivity contribution < 1.29 is 5.11 Å². The number of aromatic nitrogens is 2. The number of hydrogen-bond acceptors (Lipinski definition) is 2. The molecule has 21 heavy (non-hydrogen) atoms. The summed E-state index contributed by atoms with van der Waals surface area (Å²) in [5, 5.41) is 17.1. The molecular weight excluding hydrogens is 260 g/mol. The summed E-state index contributed by atoms with van der Waals surface area (Å²) in [7, 11) is 1.98. The molecule has 1 aromatic carbocycles. The molecule has 1 aliphatic rings. The zero-order chi connectivity index (χ0) is 15.0. The average Bonchev–Trinajstić information content (AvgIpc) is 2.75. The van der Waals surface area contributed by atoms with E-state index in [0.29, 0.717) is 18.3 Å². The van der Waals surface area contributed by atoms with E-state index < -0.39 is 5.60 Å². The number of rotatable bonds is 3. The van der Waals surface area contributed by atoms with E-state index >= 15 is 0 Å². The van der Waals surface area contributed by atoms with Gasteiger partial charge in [-0.3, -0.25) is 4.68 Å². The Morgan fingerprint density at radius 3 is 2.86 bits per heavy atom. The monoisotopic (exact) mass is 286 g/mol. The van der Waals surface area contributed by atoms with Crippen molar-refractivity contribution in [1.82, 2.24) is 9.78 Å². The van der Waals surface area contributed by atoms with Crippen LogP contribution in [-0.2, 0) is 13.5 Å². The van der Waals surface area contributed by atoms with Crippen molar-refractivity contribution in [2.24, 2.45) is 18.9 Å². The van der Waals surface area contributed by atoms with Crippen molar-refractivity contribution in [2.45, 2.75) is 51.6 Å². The fourth-order valence-electron chi connectivity index (χ4n) is 4.13. The van der Waals surface area contributed by atoms with Gasteiger partial charge in [0.25, 0.3) is 0 Å². The summed E-state index contributed by atoms with van der Waals surface area (Å²) < 4.78 is 1.93. The lowest BCUT2D eigenvalue weighted by Crippen LogP contribution is -2.45. The summed E-state index contributed by atoms with van der Waals surface area (Å²) in [6, 6.07) is 8.31. The Kier molecular flexibility index (Phi) is 3.78. The lowest BCUT2D eigenvalue weighted by molar-refractivity contribution is -0.0657. The van der Waals surface area contributed by atoms with Crippen LogP contribution in [0.15, 0.2) is 24.3 Å². The maximum atomic E-state index is 11.3. The van der Waals surface area contributed by atoms with Crippen molar-refractivity contribution in [3.05, 3.63) is 30.0 Å². The summed E-state index contributed by atoms with van der Waals surface area (Å²) in [5.41, 5.74) is 1.60. The highest BCUT2D eigenvalue weighted by atomic mass is 16.3. The molecule has 0 aliphatic heterocycles. The van der Waals surface area contributed by atoms with E-state index in [-0.39, 0.29) is 0 Å². The third-order valence-electron chi connectivity index (χ3n) is 5.18. The minimum Gasteiger partial charge on any atom is -0.389 e. The van der Waals surface area contributed by atoms with Gasteiger partial charge in [-0.25, -0.2) is 0 Å². The quantitative estimate of drug-likeness (QED) is 0.934. The van der Waals surface area contributed by atoms with Gasteiger partial charge in [0.2, 0.25) is 0 Å². The smallest absolute Gasteiger partial charge is 0.0734 e. The zero-order valence-corrected chi connectivity index (χ0v) is 13.3. The van der Waals surface area contributed by atoms with Crippen molar-refractivity contribution in [3.8, 4) is 0 Å². The van der Waals surface area contributed by atoms with Crippen molar-refractivity contribution in [1.29, 1.82) is 0 Å². The molecule has 1 heterocycles. The van der Waals surface area contributed by atoms with Crippen LogP contribution in [0, 0.1) is 11.8 Å². The molecule has 1 saturated carbocycles. The van der Waals surface area contributed by atoms with Crippen LogP contribution in [0.1, 0.15) is 45.2 Å². The van der Waals surface area contributed by atoms with Crippen molar-refractivity contribution in [2.75, 3.05) is 0 Å². The summed E-state index contributed by atoms with van der Waals surface area (Å²) >= 11 is 0. The minimum absolute atomic E-state index is 0.381. The standard InChI is InChI=1S/C18H26N2O/c1-13(2)15-9-6-7-11-18(15,21)12-16-14-8-4-5-10-17(14)20(3)19-16/h4-5,8,10,13,15,21H,6-7,9,11-12H2,1-3H3. The van der Waals surface area contributed by atoms with Crippen LogP contribution >= 0.6 is 0 Å². The highest BCUT2D eigenvalue weighted by Crippen LogP contribution is 2.41. The summed E-state index contributed by atoms with van der Waals surface area (Å²) in [5.74, 6) is 0.900. The van der Waals surface area contributed by atoms with Crippen LogP contribution in [0.5, 0.6) is 0 Å². The molecule has 2 unspecified atom stereocenters. The second kappa shape index (κ2) is 5.45. The van der Waals surface area contributed by atoms with E-state index in [2.05, 4.69) is 37.1 Å². The molecule has 0 amide bonds. The Morgan fingerprint density at radius 2 is 2.10 bits per heavy atom. The summed E-state index contributed by atoms with van der Waals surface area (Å²) in [6.45, 7) is 4.47. The Morgan fingerprint density at radius 1 is 1.33 bits per heavy atom. The third-order valence-corrected chi connectivity index (χ3v) is 5.18. The van der Waals surface area contributed by atoms with Gasteiger partial charge in [0.15, 0.2) is 0 Å². The second-order valence-electron chi connectivity index (χ2n) is 6.96. The number of hydrogen-bond donors (Lipinski definition) is 1. The second-order valence-corrected chi connectivity index (χ2v) is 6.96. The molecule has 3 rings (SSSR count). The van der Waals surface area contributed by atoms with E-state index in [9.17, 15) is 5.11 Å². The Balaban J connectivity index is 1.96. The molecule has 0 saturated heterocycles. The maximum absolute atomic E-state index is 11.3. The topological polar surface area (TPSA) is 38.1 Å². The van der Waals surface area contributed by atoms with Crippen molar-refractivity contribution >= 4 is 10.9 Å². The Hall–Kier alpha value is -1.35. The fourth-order valence-corrected chi connectivity index (χ4v) is 4.13. The molecule has 0 radical (unpaired) electrons. The molecule has 1 N–H and O–H groups in total. The number of aryl methyl sites for hydroxylation is 1. The number of aliphatic hydroxyl groups is 1. The Labute approximate surface area is 127 Å². The molecule has 0 spiro atoms. The summed E-state index contributed by atoms with van der Waals surface area (Å²) in [4.78, 5) is 0. The van der Waals surface area contributed by atoms with E-state index in [1.165, 1.54) is 11.8 Å². The lowest BCUT2D eigenvalue weighted by atomic mass is 9.68. The predicted octanol–water partition coefficient (Wildman–Crippen LogP) is 3.69. The van der Waals surface area contributed by atoms with Gasteiger partial charge >= 0.3 is 0 Å². The normalized spacial score (nSPS) is 26.6. The average molecular weight is 286 g/mol. The van der Waals surface area contributed by atoms with Crippen LogP contribution in [0.3, 0.4) is 0 Å². The van der Waals surface area contributed by atoms with Gasteiger partial charge < -0.3 is 5.11 Å². The van der Waals surface area contributed by atoms with Gasteiger partial charge in [0.1, 0.15) is 0 Å². The molecule has 1 aromatic heterocycles.